The summed E-state index contributed by atoms with van der Waals surface area (Å²) in [4.78, 5) is 14.1. The SMILES string of the molecule is CN(Cc1ccc(-c2ccc(Cl)cc2)o1)C(=O)CSc1nnc(NCc2ccco2)s1. The lowest BCUT2D eigenvalue weighted by Crippen LogP contribution is -2.27. The van der Waals surface area contributed by atoms with Crippen LogP contribution in [-0.4, -0.2) is 33.8 Å². The first-order valence-electron chi connectivity index (χ1n) is 9.38. The molecular formula is C21H19ClN4O3S2. The van der Waals surface area contributed by atoms with E-state index in [2.05, 4.69) is 15.5 Å². The number of halogens is 1. The highest BCUT2D eigenvalue weighted by molar-refractivity contribution is 8.01. The normalized spacial score (nSPS) is 10.9. The number of carbonyl (C=O) groups is 1. The molecule has 0 saturated carbocycles. The molecule has 0 aliphatic heterocycles. The van der Waals surface area contributed by atoms with E-state index in [1.165, 1.54) is 23.1 Å². The highest BCUT2D eigenvalue weighted by Crippen LogP contribution is 2.27. The van der Waals surface area contributed by atoms with E-state index in [-0.39, 0.29) is 11.7 Å². The molecule has 0 spiro atoms. The van der Waals surface area contributed by atoms with Gasteiger partial charge in [-0.15, -0.1) is 10.2 Å². The highest BCUT2D eigenvalue weighted by atomic mass is 35.5. The summed E-state index contributed by atoms with van der Waals surface area (Å²) in [5, 5.41) is 12.7. The number of rotatable bonds is 9. The summed E-state index contributed by atoms with van der Waals surface area (Å²) in [5.74, 6) is 2.53. The minimum Gasteiger partial charge on any atom is -0.467 e. The Bertz CT molecular complexity index is 1130. The number of hydrogen-bond acceptors (Lipinski definition) is 8. The van der Waals surface area contributed by atoms with Crippen LogP contribution in [0.1, 0.15) is 11.5 Å². The lowest BCUT2D eigenvalue weighted by Gasteiger charge is -2.14. The molecule has 0 aliphatic rings. The topological polar surface area (TPSA) is 84.4 Å². The molecule has 0 radical (unpaired) electrons. The first kappa shape index (κ1) is 21.5. The Balaban J connectivity index is 1.25. The summed E-state index contributed by atoms with van der Waals surface area (Å²) < 4.78 is 11.9. The second kappa shape index (κ2) is 10.0. The number of carbonyl (C=O) groups excluding carboxylic acids is 1. The van der Waals surface area contributed by atoms with Gasteiger partial charge < -0.3 is 19.1 Å². The number of aromatic nitrogens is 2. The quantitative estimate of drug-likeness (QED) is 0.325. The second-order valence-corrected chi connectivity index (χ2v) is 9.25. The molecule has 0 aliphatic carbocycles. The number of nitrogens with zero attached hydrogens (tertiary/aromatic N) is 3. The largest absolute Gasteiger partial charge is 0.467 e. The Morgan fingerprint density at radius 3 is 2.77 bits per heavy atom. The Morgan fingerprint density at radius 1 is 1.16 bits per heavy atom. The number of hydrogen-bond donors (Lipinski definition) is 1. The van der Waals surface area contributed by atoms with Crippen molar-refractivity contribution in [3.05, 3.63) is 71.3 Å². The summed E-state index contributed by atoms with van der Waals surface area (Å²) >= 11 is 8.69. The predicted molar refractivity (Wildman–Crippen MR) is 122 cm³/mol. The third-order valence-corrected chi connectivity index (χ3v) is 6.58. The first-order valence-corrected chi connectivity index (χ1v) is 11.6. The van der Waals surface area contributed by atoms with Crippen molar-refractivity contribution in [1.29, 1.82) is 0 Å². The molecule has 0 unspecified atom stereocenters. The van der Waals surface area contributed by atoms with Crippen molar-refractivity contribution in [2.24, 2.45) is 0 Å². The van der Waals surface area contributed by atoms with Gasteiger partial charge >= 0.3 is 0 Å². The number of anilines is 1. The van der Waals surface area contributed by atoms with E-state index < -0.39 is 0 Å². The van der Waals surface area contributed by atoms with Gasteiger partial charge in [0.15, 0.2) is 4.34 Å². The van der Waals surface area contributed by atoms with Crippen LogP contribution in [0.2, 0.25) is 5.02 Å². The average Bonchev–Trinajstić information content (AvgIpc) is 3.53. The first-order chi connectivity index (χ1) is 15.1. The summed E-state index contributed by atoms with van der Waals surface area (Å²) in [6.45, 7) is 0.925. The van der Waals surface area contributed by atoms with Crippen molar-refractivity contribution in [2.45, 2.75) is 17.4 Å². The van der Waals surface area contributed by atoms with Crippen LogP contribution < -0.4 is 5.32 Å². The van der Waals surface area contributed by atoms with E-state index in [0.29, 0.717) is 29.0 Å². The molecular weight excluding hydrogens is 456 g/mol. The fraction of sp³-hybridized carbons (Fsp3) is 0.190. The van der Waals surface area contributed by atoms with Crippen LogP contribution >= 0.6 is 34.7 Å². The van der Waals surface area contributed by atoms with Crippen LogP contribution in [-0.2, 0) is 17.9 Å². The summed E-state index contributed by atoms with van der Waals surface area (Å²) in [6.07, 6.45) is 1.63. The van der Waals surface area contributed by atoms with Crippen LogP contribution in [0, 0.1) is 0 Å². The van der Waals surface area contributed by atoms with Gasteiger partial charge in [0.25, 0.3) is 0 Å². The van der Waals surface area contributed by atoms with Crippen LogP contribution in [0.25, 0.3) is 11.3 Å². The third kappa shape index (κ3) is 5.90. The average molecular weight is 475 g/mol. The van der Waals surface area contributed by atoms with Crippen LogP contribution in [0.15, 0.2) is 68.0 Å². The standard InChI is InChI=1S/C21H19ClN4O3S2/c1-26(12-17-8-9-18(29-17)14-4-6-15(22)7-5-14)19(27)13-30-21-25-24-20(31-21)23-11-16-3-2-10-28-16/h2-10H,11-13H2,1H3,(H,23,24). The zero-order valence-electron chi connectivity index (χ0n) is 16.6. The Hall–Kier alpha value is -2.75. The maximum atomic E-state index is 12.5. The minimum atomic E-state index is -0.0188. The van der Waals surface area contributed by atoms with Gasteiger partial charge in [0.05, 0.1) is 25.1 Å². The van der Waals surface area contributed by atoms with Gasteiger partial charge in [0.1, 0.15) is 17.3 Å². The van der Waals surface area contributed by atoms with Gasteiger partial charge in [0, 0.05) is 17.6 Å². The van der Waals surface area contributed by atoms with E-state index in [1.54, 1.807) is 18.2 Å². The molecule has 4 rings (SSSR count). The monoisotopic (exact) mass is 474 g/mol. The molecule has 160 valence electrons. The molecule has 0 saturated heterocycles. The Morgan fingerprint density at radius 2 is 2.00 bits per heavy atom. The molecule has 0 fully saturated rings. The molecule has 7 nitrogen and oxygen atoms in total. The molecule has 4 aromatic rings. The van der Waals surface area contributed by atoms with Crippen LogP contribution in [0.3, 0.4) is 0 Å². The minimum absolute atomic E-state index is 0.0188. The van der Waals surface area contributed by atoms with Crippen molar-refractivity contribution >= 4 is 45.7 Å². The maximum Gasteiger partial charge on any atom is 0.233 e. The Labute approximate surface area is 192 Å². The van der Waals surface area contributed by atoms with Gasteiger partial charge in [-0.05, 0) is 48.5 Å². The smallest absolute Gasteiger partial charge is 0.233 e. The van der Waals surface area contributed by atoms with E-state index >= 15 is 0 Å². The van der Waals surface area contributed by atoms with E-state index in [9.17, 15) is 4.79 Å². The molecule has 0 atom stereocenters. The van der Waals surface area contributed by atoms with Crippen molar-refractivity contribution in [1.82, 2.24) is 15.1 Å². The lowest BCUT2D eigenvalue weighted by molar-refractivity contribution is -0.127. The summed E-state index contributed by atoms with van der Waals surface area (Å²) in [7, 11) is 1.75. The van der Waals surface area contributed by atoms with E-state index in [4.69, 9.17) is 20.4 Å². The molecule has 1 aromatic carbocycles. The molecule has 3 heterocycles. The van der Waals surface area contributed by atoms with Crippen molar-refractivity contribution in [3.63, 3.8) is 0 Å². The summed E-state index contributed by atoms with van der Waals surface area (Å²) in [6, 6.07) is 14.9. The maximum absolute atomic E-state index is 12.5. The van der Waals surface area contributed by atoms with Crippen molar-refractivity contribution < 1.29 is 13.6 Å². The van der Waals surface area contributed by atoms with Gasteiger partial charge in [-0.2, -0.15) is 0 Å². The van der Waals surface area contributed by atoms with Crippen molar-refractivity contribution in [2.75, 3.05) is 18.1 Å². The third-order valence-electron chi connectivity index (χ3n) is 4.33. The van der Waals surface area contributed by atoms with E-state index in [0.717, 1.165) is 21.4 Å². The van der Waals surface area contributed by atoms with Crippen molar-refractivity contribution in [3.8, 4) is 11.3 Å². The Kier molecular flexibility index (Phi) is 6.96. The number of benzene rings is 1. The van der Waals surface area contributed by atoms with Gasteiger partial charge in [0.2, 0.25) is 11.0 Å². The number of amides is 1. The van der Waals surface area contributed by atoms with Gasteiger partial charge in [-0.1, -0.05) is 34.7 Å². The predicted octanol–water partition coefficient (Wildman–Crippen LogP) is 5.41. The zero-order valence-corrected chi connectivity index (χ0v) is 19.0. The highest BCUT2D eigenvalue weighted by Gasteiger charge is 2.14. The molecule has 1 N–H and O–H groups in total. The molecule has 0 bridgehead atoms. The summed E-state index contributed by atoms with van der Waals surface area (Å²) in [5.41, 5.74) is 0.938. The molecule has 1 amide bonds. The molecule has 10 heteroatoms. The fourth-order valence-corrected chi connectivity index (χ4v) is 4.52. The second-order valence-electron chi connectivity index (χ2n) is 6.62. The fourth-order valence-electron chi connectivity index (χ4n) is 2.70. The van der Waals surface area contributed by atoms with Gasteiger partial charge in [-0.25, -0.2) is 0 Å². The van der Waals surface area contributed by atoms with Gasteiger partial charge in [-0.3, -0.25) is 4.79 Å². The lowest BCUT2D eigenvalue weighted by atomic mass is 10.2. The molecule has 3 aromatic heterocycles. The van der Waals surface area contributed by atoms with Crippen LogP contribution in [0.5, 0.6) is 0 Å². The van der Waals surface area contributed by atoms with Crippen LogP contribution in [0.4, 0.5) is 5.13 Å². The number of nitrogens with one attached hydrogen (secondary N) is 1. The molecule has 31 heavy (non-hydrogen) atoms. The number of furan rings is 2. The zero-order chi connectivity index (χ0) is 21.6. The van der Waals surface area contributed by atoms with E-state index in [1.807, 2.05) is 48.5 Å². The number of thioether (sulfide) groups is 1.